The molecule has 0 aliphatic heterocycles. The van der Waals surface area contributed by atoms with Crippen LogP contribution < -0.4 is 5.32 Å². The molecule has 2 aromatic rings. The van der Waals surface area contributed by atoms with E-state index in [2.05, 4.69) is 15.5 Å². The van der Waals surface area contributed by atoms with E-state index in [0.29, 0.717) is 5.56 Å². The van der Waals surface area contributed by atoms with Crippen LogP contribution in [0.15, 0.2) is 24.3 Å². The topological polar surface area (TPSA) is 84.1 Å². The third kappa shape index (κ3) is 3.65. The predicted molar refractivity (Wildman–Crippen MR) is 73.6 cm³/mol. The summed E-state index contributed by atoms with van der Waals surface area (Å²) in [4.78, 5) is 23.4. The largest absolute Gasteiger partial charge is 0.461 e. The summed E-state index contributed by atoms with van der Waals surface area (Å²) in [6.07, 6.45) is 0. The number of carbonyl (C=O) groups is 2. The van der Waals surface area contributed by atoms with E-state index in [1.54, 1.807) is 19.9 Å². The molecule has 0 fully saturated rings. The average Bonchev–Trinajstić information content (AvgIpc) is 2.86. The summed E-state index contributed by atoms with van der Waals surface area (Å²) in [7, 11) is 0. The van der Waals surface area contributed by atoms with E-state index >= 15 is 0 Å². The van der Waals surface area contributed by atoms with E-state index in [-0.39, 0.29) is 23.7 Å². The minimum atomic E-state index is -0.563. The first-order valence-corrected chi connectivity index (χ1v) is 6.30. The van der Waals surface area contributed by atoms with Crippen LogP contribution in [0, 0.1) is 12.7 Å². The Morgan fingerprint density at radius 2 is 2.10 bits per heavy atom. The molecule has 0 aliphatic carbocycles. The lowest BCUT2D eigenvalue weighted by Crippen LogP contribution is -2.12. The number of nitrogens with zero attached hydrogens (tertiary/aromatic N) is 1. The highest BCUT2D eigenvalue weighted by Crippen LogP contribution is 2.12. The van der Waals surface area contributed by atoms with Crippen molar-refractivity contribution >= 4 is 17.7 Å². The Balaban J connectivity index is 2.11. The number of hydrogen-bond donors (Lipinski definition) is 2. The summed E-state index contributed by atoms with van der Waals surface area (Å²) in [5.74, 6) is -1.41. The molecule has 0 saturated carbocycles. The number of benzene rings is 1. The van der Waals surface area contributed by atoms with Gasteiger partial charge in [-0.2, -0.15) is 5.10 Å². The third-order valence-corrected chi connectivity index (χ3v) is 2.62. The van der Waals surface area contributed by atoms with Crippen LogP contribution in [0.4, 0.5) is 10.2 Å². The molecule has 0 bridgehead atoms. The van der Waals surface area contributed by atoms with Crippen LogP contribution in [-0.2, 0) is 4.74 Å². The fourth-order valence-corrected chi connectivity index (χ4v) is 1.76. The Hall–Kier alpha value is -2.70. The second-order valence-electron chi connectivity index (χ2n) is 4.36. The van der Waals surface area contributed by atoms with Crippen molar-refractivity contribution in [3.8, 4) is 0 Å². The number of H-pyrrole nitrogens is 1. The van der Waals surface area contributed by atoms with Crippen LogP contribution in [0.2, 0.25) is 0 Å². The number of anilines is 1. The van der Waals surface area contributed by atoms with Crippen LogP contribution in [0.1, 0.15) is 33.3 Å². The third-order valence-electron chi connectivity index (χ3n) is 2.62. The summed E-state index contributed by atoms with van der Waals surface area (Å²) in [5.41, 5.74) is 0.935. The van der Waals surface area contributed by atoms with Crippen molar-refractivity contribution in [3.63, 3.8) is 0 Å². The van der Waals surface area contributed by atoms with Gasteiger partial charge in [-0.15, -0.1) is 0 Å². The maximum Gasteiger partial charge on any atom is 0.356 e. The number of aromatic amines is 1. The zero-order valence-electron chi connectivity index (χ0n) is 11.6. The Morgan fingerprint density at radius 1 is 1.33 bits per heavy atom. The first kappa shape index (κ1) is 14.7. The van der Waals surface area contributed by atoms with Crippen LogP contribution >= 0.6 is 0 Å². The highest BCUT2D eigenvalue weighted by atomic mass is 19.1. The molecular weight excluding hydrogens is 277 g/mol. The molecule has 0 spiro atoms. The van der Waals surface area contributed by atoms with E-state index in [1.165, 1.54) is 12.1 Å². The lowest BCUT2D eigenvalue weighted by molar-refractivity contribution is 0.0519. The highest BCUT2D eigenvalue weighted by molar-refractivity contribution is 6.04. The predicted octanol–water partition coefficient (Wildman–Crippen LogP) is 2.29. The first-order chi connectivity index (χ1) is 9.99. The summed E-state index contributed by atoms with van der Waals surface area (Å²) in [5, 5.41) is 8.71. The zero-order valence-corrected chi connectivity index (χ0v) is 11.6. The quantitative estimate of drug-likeness (QED) is 0.846. The molecule has 0 radical (unpaired) electrons. The van der Waals surface area contributed by atoms with Gasteiger partial charge in [0.05, 0.1) is 6.61 Å². The summed E-state index contributed by atoms with van der Waals surface area (Å²) in [6.45, 7) is 3.61. The number of rotatable bonds is 4. The lowest BCUT2D eigenvalue weighted by Gasteiger charge is -2.03. The van der Waals surface area contributed by atoms with Crippen LogP contribution in [0.5, 0.6) is 0 Å². The molecule has 1 heterocycles. The van der Waals surface area contributed by atoms with Crippen molar-refractivity contribution in [1.29, 1.82) is 0 Å². The Morgan fingerprint density at radius 3 is 2.76 bits per heavy atom. The summed E-state index contributed by atoms with van der Waals surface area (Å²) < 4.78 is 18.0. The maximum atomic E-state index is 13.3. The molecule has 2 N–H and O–H groups in total. The van der Waals surface area contributed by atoms with E-state index in [4.69, 9.17) is 4.74 Å². The lowest BCUT2D eigenvalue weighted by atomic mass is 10.1. The van der Waals surface area contributed by atoms with Crippen LogP contribution in [-0.4, -0.2) is 28.7 Å². The molecule has 6 nitrogen and oxygen atoms in total. The molecule has 0 atom stereocenters. The standard InChI is InChI=1S/C14H14FN3O3/c1-3-21-14(20)11-7-12(18-17-11)16-13(19)9-4-8(2)5-10(15)6-9/h4-7H,3H2,1-2H3,(H2,16,17,18,19). The second kappa shape index (κ2) is 6.17. The molecule has 1 aromatic carbocycles. The van der Waals surface area contributed by atoms with Crippen LogP contribution in [0.25, 0.3) is 0 Å². The number of hydrogen-bond acceptors (Lipinski definition) is 4. The molecule has 110 valence electrons. The van der Waals surface area contributed by atoms with Gasteiger partial charge < -0.3 is 10.1 Å². The van der Waals surface area contributed by atoms with Gasteiger partial charge in [-0.05, 0) is 37.6 Å². The number of aromatic nitrogens is 2. The van der Waals surface area contributed by atoms with Gasteiger partial charge in [0, 0.05) is 11.6 Å². The number of carbonyl (C=O) groups excluding carboxylic acids is 2. The normalized spacial score (nSPS) is 10.2. The van der Waals surface area contributed by atoms with Gasteiger partial charge in [0.25, 0.3) is 5.91 Å². The number of esters is 1. The van der Waals surface area contributed by atoms with Gasteiger partial charge in [0.2, 0.25) is 0 Å². The smallest absolute Gasteiger partial charge is 0.356 e. The summed E-state index contributed by atoms with van der Waals surface area (Å²) >= 11 is 0. The van der Waals surface area contributed by atoms with Gasteiger partial charge >= 0.3 is 5.97 Å². The molecule has 1 amide bonds. The highest BCUT2D eigenvalue weighted by Gasteiger charge is 2.14. The van der Waals surface area contributed by atoms with Crippen molar-refractivity contribution in [1.82, 2.24) is 10.2 Å². The van der Waals surface area contributed by atoms with Crippen molar-refractivity contribution in [2.75, 3.05) is 11.9 Å². The molecule has 0 aliphatic rings. The minimum Gasteiger partial charge on any atom is -0.461 e. The average molecular weight is 291 g/mol. The van der Waals surface area contributed by atoms with E-state index in [1.807, 2.05) is 0 Å². The van der Waals surface area contributed by atoms with Gasteiger partial charge in [-0.25, -0.2) is 9.18 Å². The number of amides is 1. The summed E-state index contributed by atoms with van der Waals surface area (Å²) in [6, 6.07) is 5.35. The molecule has 1 aromatic heterocycles. The van der Waals surface area contributed by atoms with Crippen molar-refractivity contribution < 1.29 is 18.7 Å². The fourth-order valence-electron chi connectivity index (χ4n) is 1.76. The zero-order chi connectivity index (χ0) is 15.4. The number of ether oxygens (including phenoxy) is 1. The second-order valence-corrected chi connectivity index (χ2v) is 4.36. The molecule has 7 heteroatoms. The Bertz CT molecular complexity index is 662. The van der Waals surface area contributed by atoms with Crippen LogP contribution in [0.3, 0.4) is 0 Å². The van der Waals surface area contributed by atoms with Gasteiger partial charge in [-0.1, -0.05) is 0 Å². The SMILES string of the molecule is CCOC(=O)c1cc(NC(=O)c2cc(C)cc(F)c2)n[nH]1. The number of halogens is 1. The van der Waals surface area contributed by atoms with E-state index in [9.17, 15) is 14.0 Å². The van der Waals surface area contributed by atoms with E-state index in [0.717, 1.165) is 6.07 Å². The van der Waals surface area contributed by atoms with Gasteiger partial charge in [0.15, 0.2) is 5.82 Å². The molecule has 0 unspecified atom stereocenters. The van der Waals surface area contributed by atoms with Crippen molar-refractivity contribution in [2.45, 2.75) is 13.8 Å². The fraction of sp³-hybridized carbons (Fsp3) is 0.214. The molecular formula is C14H14FN3O3. The van der Waals surface area contributed by atoms with Gasteiger partial charge in [-0.3, -0.25) is 9.89 Å². The van der Waals surface area contributed by atoms with Crippen molar-refractivity contribution in [2.24, 2.45) is 0 Å². The van der Waals surface area contributed by atoms with Gasteiger partial charge in [0.1, 0.15) is 11.5 Å². The Kier molecular flexibility index (Phi) is 4.32. The first-order valence-electron chi connectivity index (χ1n) is 6.30. The maximum absolute atomic E-state index is 13.3. The molecule has 2 rings (SSSR count). The van der Waals surface area contributed by atoms with E-state index < -0.39 is 17.7 Å². The molecule has 21 heavy (non-hydrogen) atoms. The monoisotopic (exact) mass is 291 g/mol. The molecule has 0 saturated heterocycles. The number of aryl methyl sites for hydroxylation is 1. The van der Waals surface area contributed by atoms with Crippen molar-refractivity contribution in [3.05, 3.63) is 46.9 Å². The number of nitrogens with one attached hydrogen (secondary N) is 2. The minimum absolute atomic E-state index is 0.127. The Labute approximate surface area is 120 Å².